The Labute approximate surface area is 149 Å². The summed E-state index contributed by atoms with van der Waals surface area (Å²) in [7, 11) is 0. The van der Waals surface area contributed by atoms with Gasteiger partial charge in [0.15, 0.2) is 0 Å². The van der Waals surface area contributed by atoms with E-state index in [0.29, 0.717) is 12.3 Å². The van der Waals surface area contributed by atoms with Gasteiger partial charge < -0.3 is 19.8 Å². The van der Waals surface area contributed by atoms with Gasteiger partial charge >= 0.3 is 6.09 Å². The minimum absolute atomic E-state index is 0.215. The summed E-state index contributed by atoms with van der Waals surface area (Å²) in [6.07, 6.45) is 9.01. The van der Waals surface area contributed by atoms with E-state index in [1.165, 1.54) is 6.08 Å². The molecular formula is C19H28N2O4. The Morgan fingerprint density at radius 2 is 2.00 bits per heavy atom. The van der Waals surface area contributed by atoms with Crippen LogP contribution in [0.4, 0.5) is 4.79 Å². The van der Waals surface area contributed by atoms with Gasteiger partial charge in [0, 0.05) is 12.6 Å². The van der Waals surface area contributed by atoms with Gasteiger partial charge in [0.25, 0.3) is 0 Å². The van der Waals surface area contributed by atoms with Gasteiger partial charge in [-0.15, -0.1) is 0 Å². The van der Waals surface area contributed by atoms with Crippen molar-refractivity contribution >= 4 is 18.1 Å². The monoisotopic (exact) mass is 348 g/mol. The minimum atomic E-state index is -0.547. The van der Waals surface area contributed by atoms with Crippen molar-refractivity contribution in [3.05, 3.63) is 30.2 Å². The summed E-state index contributed by atoms with van der Waals surface area (Å²) in [5.41, 5.74) is -0.996. The zero-order valence-corrected chi connectivity index (χ0v) is 15.3. The second-order valence-electron chi connectivity index (χ2n) is 7.53. The van der Waals surface area contributed by atoms with Crippen molar-refractivity contribution < 1.29 is 18.7 Å². The number of alkyl carbamates (subject to hydrolysis) is 1. The van der Waals surface area contributed by atoms with Gasteiger partial charge in [-0.25, -0.2) is 4.79 Å². The zero-order chi connectivity index (χ0) is 18.3. The Balaban J connectivity index is 1.92. The largest absolute Gasteiger partial charge is 0.465 e. The van der Waals surface area contributed by atoms with Crippen LogP contribution in [0.25, 0.3) is 6.08 Å². The van der Waals surface area contributed by atoms with Crippen LogP contribution in [0.3, 0.4) is 0 Å². The average molecular weight is 348 g/mol. The van der Waals surface area contributed by atoms with Crippen LogP contribution < -0.4 is 10.6 Å². The predicted molar refractivity (Wildman–Crippen MR) is 95.9 cm³/mol. The standard InChI is InChI=1S/C19H28N2O4/c1-18(2,3)25-17(23)21-19(11-5-4-6-12-19)14-20-16(22)10-9-15-8-7-13-24-15/h7-10,13H,4-6,11-12,14H2,1-3H3,(H,20,22)(H,21,23)/b10-9+. The number of carbonyl (C=O) groups excluding carboxylic acids is 2. The number of ether oxygens (including phenoxy) is 1. The number of amides is 2. The number of carbonyl (C=O) groups is 2. The molecule has 0 aromatic carbocycles. The van der Waals surface area contributed by atoms with E-state index < -0.39 is 17.2 Å². The van der Waals surface area contributed by atoms with Gasteiger partial charge in [-0.1, -0.05) is 19.3 Å². The molecule has 2 amide bonds. The molecule has 0 bridgehead atoms. The molecule has 1 fully saturated rings. The molecule has 25 heavy (non-hydrogen) atoms. The van der Waals surface area contributed by atoms with Crippen LogP contribution in [0.1, 0.15) is 58.6 Å². The first kappa shape index (κ1) is 19.1. The fourth-order valence-electron chi connectivity index (χ4n) is 2.95. The first-order valence-corrected chi connectivity index (χ1v) is 8.79. The van der Waals surface area contributed by atoms with Gasteiger partial charge in [-0.2, -0.15) is 0 Å². The quantitative estimate of drug-likeness (QED) is 0.796. The van der Waals surface area contributed by atoms with E-state index in [1.54, 1.807) is 24.5 Å². The Kier molecular flexibility index (Phi) is 6.28. The molecule has 2 rings (SSSR count). The molecule has 0 spiro atoms. The highest BCUT2D eigenvalue weighted by Crippen LogP contribution is 2.28. The van der Waals surface area contributed by atoms with Crippen LogP contribution in [-0.2, 0) is 9.53 Å². The molecule has 0 aliphatic heterocycles. The van der Waals surface area contributed by atoms with Crippen molar-refractivity contribution in [2.45, 2.75) is 64.0 Å². The summed E-state index contributed by atoms with van der Waals surface area (Å²) in [6.45, 7) is 5.89. The highest BCUT2D eigenvalue weighted by atomic mass is 16.6. The molecule has 1 aromatic heterocycles. The van der Waals surface area contributed by atoms with Crippen molar-refractivity contribution in [2.24, 2.45) is 0 Å². The van der Waals surface area contributed by atoms with Crippen LogP contribution in [-0.4, -0.2) is 29.7 Å². The molecule has 1 heterocycles. The van der Waals surface area contributed by atoms with Crippen LogP contribution >= 0.6 is 0 Å². The van der Waals surface area contributed by atoms with Crippen LogP contribution in [0.2, 0.25) is 0 Å². The molecule has 0 saturated heterocycles. The normalized spacial score (nSPS) is 17.2. The Hall–Kier alpha value is -2.24. The van der Waals surface area contributed by atoms with Crippen molar-refractivity contribution in [3.63, 3.8) is 0 Å². The first-order valence-electron chi connectivity index (χ1n) is 8.79. The second kappa shape index (κ2) is 8.23. The van der Waals surface area contributed by atoms with Crippen LogP contribution in [0, 0.1) is 0 Å². The van der Waals surface area contributed by atoms with E-state index in [-0.39, 0.29) is 5.91 Å². The van der Waals surface area contributed by atoms with Crippen molar-refractivity contribution in [1.82, 2.24) is 10.6 Å². The smallest absolute Gasteiger partial charge is 0.408 e. The van der Waals surface area contributed by atoms with Crippen LogP contribution in [0.5, 0.6) is 0 Å². The molecule has 0 radical (unpaired) electrons. The third-order valence-electron chi connectivity index (χ3n) is 4.12. The van der Waals surface area contributed by atoms with E-state index >= 15 is 0 Å². The molecule has 1 aliphatic rings. The number of hydrogen-bond acceptors (Lipinski definition) is 4. The van der Waals surface area contributed by atoms with E-state index in [2.05, 4.69) is 10.6 Å². The van der Waals surface area contributed by atoms with Crippen LogP contribution in [0.15, 0.2) is 28.9 Å². The molecule has 1 saturated carbocycles. The summed E-state index contributed by atoms with van der Waals surface area (Å²) in [5.74, 6) is 0.404. The minimum Gasteiger partial charge on any atom is -0.465 e. The molecule has 0 unspecified atom stereocenters. The Bertz CT molecular complexity index is 593. The molecule has 6 heteroatoms. The van der Waals surface area contributed by atoms with Crippen molar-refractivity contribution in [3.8, 4) is 0 Å². The SMILES string of the molecule is CC(C)(C)OC(=O)NC1(CNC(=O)/C=C/c2ccco2)CCCCC1. The topological polar surface area (TPSA) is 80.6 Å². The zero-order valence-electron chi connectivity index (χ0n) is 15.3. The molecule has 1 aromatic rings. The molecule has 1 aliphatic carbocycles. The van der Waals surface area contributed by atoms with Gasteiger partial charge in [0.1, 0.15) is 11.4 Å². The van der Waals surface area contributed by atoms with Gasteiger partial charge in [0.05, 0.1) is 11.8 Å². The maximum absolute atomic E-state index is 12.2. The first-order chi connectivity index (χ1) is 11.8. The summed E-state index contributed by atoms with van der Waals surface area (Å²) < 4.78 is 10.5. The van der Waals surface area contributed by atoms with Crippen molar-refractivity contribution in [1.29, 1.82) is 0 Å². The van der Waals surface area contributed by atoms with E-state index in [4.69, 9.17) is 9.15 Å². The lowest BCUT2D eigenvalue weighted by Crippen LogP contribution is -2.57. The van der Waals surface area contributed by atoms with Crippen molar-refractivity contribution in [2.75, 3.05) is 6.54 Å². The highest BCUT2D eigenvalue weighted by Gasteiger charge is 2.35. The third-order valence-corrected chi connectivity index (χ3v) is 4.12. The fourth-order valence-corrected chi connectivity index (χ4v) is 2.95. The van der Waals surface area contributed by atoms with Gasteiger partial charge in [0.2, 0.25) is 5.91 Å². The highest BCUT2D eigenvalue weighted by molar-refractivity contribution is 5.91. The molecular weight excluding hydrogens is 320 g/mol. The summed E-state index contributed by atoms with van der Waals surface area (Å²) >= 11 is 0. The lowest BCUT2D eigenvalue weighted by molar-refractivity contribution is -0.116. The van der Waals surface area contributed by atoms with E-state index in [1.807, 2.05) is 20.8 Å². The molecule has 0 atom stereocenters. The number of hydrogen-bond donors (Lipinski definition) is 2. The Morgan fingerprint density at radius 3 is 2.60 bits per heavy atom. The van der Waals surface area contributed by atoms with E-state index in [0.717, 1.165) is 32.1 Å². The van der Waals surface area contributed by atoms with E-state index in [9.17, 15) is 9.59 Å². The maximum Gasteiger partial charge on any atom is 0.408 e. The number of furan rings is 1. The average Bonchev–Trinajstić information content (AvgIpc) is 3.03. The second-order valence-corrected chi connectivity index (χ2v) is 7.53. The number of nitrogens with one attached hydrogen (secondary N) is 2. The molecule has 138 valence electrons. The number of rotatable bonds is 5. The summed E-state index contributed by atoms with van der Waals surface area (Å²) in [6, 6.07) is 3.54. The lowest BCUT2D eigenvalue weighted by Gasteiger charge is -2.38. The molecule has 6 nitrogen and oxygen atoms in total. The molecule has 2 N–H and O–H groups in total. The summed E-state index contributed by atoms with van der Waals surface area (Å²) in [4.78, 5) is 24.2. The van der Waals surface area contributed by atoms with Gasteiger partial charge in [-0.05, 0) is 51.8 Å². The van der Waals surface area contributed by atoms with Gasteiger partial charge in [-0.3, -0.25) is 4.79 Å². The Morgan fingerprint density at radius 1 is 1.28 bits per heavy atom. The predicted octanol–water partition coefficient (Wildman–Crippen LogP) is 3.64. The summed E-state index contributed by atoms with van der Waals surface area (Å²) in [5, 5.41) is 5.88. The fraction of sp³-hybridized carbons (Fsp3) is 0.579. The maximum atomic E-state index is 12.2. The lowest BCUT2D eigenvalue weighted by atomic mass is 9.81. The third kappa shape index (κ3) is 6.64.